The Balaban J connectivity index is 4.13. The zero-order valence-electron chi connectivity index (χ0n) is 37.2. The normalized spacial score (nSPS) is 11.8. The summed E-state index contributed by atoms with van der Waals surface area (Å²) in [5, 5.41) is 0. The molecule has 0 rings (SSSR count). The zero-order valence-corrected chi connectivity index (χ0v) is 37.2. The molecule has 0 aliphatic rings. The van der Waals surface area contributed by atoms with E-state index in [0.717, 1.165) is 64.2 Å². The van der Waals surface area contributed by atoms with Crippen LogP contribution in [-0.4, -0.2) is 37.2 Å². The van der Waals surface area contributed by atoms with Gasteiger partial charge in [0.1, 0.15) is 13.2 Å². The van der Waals surface area contributed by atoms with Crippen molar-refractivity contribution in [2.24, 2.45) is 0 Å². The summed E-state index contributed by atoms with van der Waals surface area (Å²) in [6.07, 6.45) is 46.9. The topological polar surface area (TPSA) is 78.9 Å². The van der Waals surface area contributed by atoms with Crippen molar-refractivity contribution < 1.29 is 28.6 Å². The minimum Gasteiger partial charge on any atom is -0.462 e. The van der Waals surface area contributed by atoms with Crippen molar-refractivity contribution in [2.45, 2.75) is 284 Å². The van der Waals surface area contributed by atoms with Gasteiger partial charge < -0.3 is 14.2 Å². The number of carbonyl (C=O) groups excluding carboxylic acids is 3. The van der Waals surface area contributed by atoms with Crippen molar-refractivity contribution in [3.8, 4) is 0 Å². The second kappa shape index (κ2) is 45.1. The predicted octanol–water partition coefficient (Wildman–Crippen LogP) is 15.6. The fourth-order valence-electron chi connectivity index (χ4n) is 7.38. The van der Waals surface area contributed by atoms with Crippen LogP contribution in [0.2, 0.25) is 0 Å². The summed E-state index contributed by atoms with van der Waals surface area (Å²) in [6.45, 7) is 6.59. The van der Waals surface area contributed by atoms with Crippen LogP contribution in [0.5, 0.6) is 0 Å². The maximum absolute atomic E-state index is 12.7. The first-order valence-electron chi connectivity index (χ1n) is 24.5. The molecule has 1 atom stereocenters. The first-order chi connectivity index (χ1) is 27.0. The highest BCUT2D eigenvalue weighted by atomic mass is 16.6. The Morgan fingerprint density at radius 1 is 0.291 bits per heavy atom. The molecule has 6 heteroatoms. The maximum atomic E-state index is 12.7. The lowest BCUT2D eigenvalue weighted by molar-refractivity contribution is -0.167. The molecule has 0 bridgehead atoms. The molecule has 326 valence electrons. The molecule has 0 fully saturated rings. The second-order valence-electron chi connectivity index (χ2n) is 16.7. The van der Waals surface area contributed by atoms with Crippen molar-refractivity contribution >= 4 is 17.9 Å². The van der Waals surface area contributed by atoms with E-state index < -0.39 is 6.10 Å². The zero-order chi connectivity index (χ0) is 40.1. The van der Waals surface area contributed by atoms with E-state index in [-0.39, 0.29) is 31.1 Å². The number of ether oxygens (including phenoxy) is 3. The van der Waals surface area contributed by atoms with E-state index in [1.165, 1.54) is 173 Å². The quantitative estimate of drug-likeness (QED) is 0.0348. The Kier molecular flexibility index (Phi) is 43.8. The number of carbonyl (C=O) groups is 3. The molecule has 0 aromatic heterocycles. The van der Waals surface area contributed by atoms with Gasteiger partial charge in [0, 0.05) is 19.3 Å². The van der Waals surface area contributed by atoms with Crippen LogP contribution in [0.15, 0.2) is 0 Å². The Hall–Kier alpha value is -1.59. The molecule has 0 aromatic carbocycles. The summed E-state index contributed by atoms with van der Waals surface area (Å²) in [6, 6.07) is 0. The van der Waals surface area contributed by atoms with E-state index >= 15 is 0 Å². The number of esters is 3. The van der Waals surface area contributed by atoms with Crippen LogP contribution >= 0.6 is 0 Å². The highest BCUT2D eigenvalue weighted by Crippen LogP contribution is 2.16. The number of rotatable bonds is 45. The van der Waals surface area contributed by atoms with Crippen molar-refractivity contribution in [2.75, 3.05) is 13.2 Å². The highest BCUT2D eigenvalue weighted by molar-refractivity contribution is 5.71. The molecule has 55 heavy (non-hydrogen) atoms. The molecule has 0 spiro atoms. The Morgan fingerprint density at radius 2 is 0.491 bits per heavy atom. The molecular weight excluding hydrogens is 685 g/mol. The molecule has 0 amide bonds. The fraction of sp³-hybridized carbons (Fsp3) is 0.939. The molecule has 0 N–H and O–H groups in total. The van der Waals surface area contributed by atoms with Crippen LogP contribution in [0, 0.1) is 0 Å². The van der Waals surface area contributed by atoms with Gasteiger partial charge in [-0.2, -0.15) is 0 Å². The average Bonchev–Trinajstić information content (AvgIpc) is 3.18. The molecule has 0 unspecified atom stereocenters. The lowest BCUT2D eigenvalue weighted by Crippen LogP contribution is -2.30. The Bertz CT molecular complexity index is 813. The van der Waals surface area contributed by atoms with Crippen LogP contribution in [0.25, 0.3) is 0 Å². The molecule has 0 aromatic rings. The molecule has 0 saturated heterocycles. The molecule has 0 heterocycles. The average molecular weight is 779 g/mol. The highest BCUT2D eigenvalue weighted by Gasteiger charge is 2.19. The third-order valence-corrected chi connectivity index (χ3v) is 11.1. The van der Waals surface area contributed by atoms with E-state index in [1.54, 1.807) is 0 Å². The van der Waals surface area contributed by atoms with Gasteiger partial charge in [0.2, 0.25) is 0 Å². The number of hydrogen-bond donors (Lipinski definition) is 0. The Morgan fingerprint density at radius 3 is 0.727 bits per heavy atom. The number of unbranched alkanes of at least 4 members (excludes halogenated alkanes) is 34. The van der Waals surface area contributed by atoms with Gasteiger partial charge >= 0.3 is 17.9 Å². The summed E-state index contributed by atoms with van der Waals surface area (Å²) in [5.41, 5.74) is 0. The van der Waals surface area contributed by atoms with E-state index in [4.69, 9.17) is 14.2 Å². The van der Waals surface area contributed by atoms with Crippen LogP contribution in [0.3, 0.4) is 0 Å². The molecular formula is C49H94O6. The van der Waals surface area contributed by atoms with Crippen molar-refractivity contribution in [3.63, 3.8) is 0 Å². The van der Waals surface area contributed by atoms with Crippen molar-refractivity contribution in [1.29, 1.82) is 0 Å². The first kappa shape index (κ1) is 53.4. The smallest absolute Gasteiger partial charge is 0.306 e. The third kappa shape index (κ3) is 43.4. The molecule has 0 saturated carbocycles. The lowest BCUT2D eigenvalue weighted by atomic mass is 10.0. The van der Waals surface area contributed by atoms with Gasteiger partial charge in [-0.25, -0.2) is 0 Å². The monoisotopic (exact) mass is 779 g/mol. The van der Waals surface area contributed by atoms with Crippen LogP contribution in [0.1, 0.15) is 278 Å². The number of hydrogen-bond acceptors (Lipinski definition) is 6. The first-order valence-corrected chi connectivity index (χ1v) is 24.5. The lowest BCUT2D eigenvalue weighted by Gasteiger charge is -2.18. The van der Waals surface area contributed by atoms with E-state index in [2.05, 4.69) is 20.8 Å². The predicted molar refractivity (Wildman–Crippen MR) is 233 cm³/mol. The second-order valence-corrected chi connectivity index (χ2v) is 16.7. The van der Waals surface area contributed by atoms with E-state index in [0.29, 0.717) is 19.3 Å². The maximum Gasteiger partial charge on any atom is 0.306 e. The fourth-order valence-corrected chi connectivity index (χ4v) is 7.38. The van der Waals surface area contributed by atoms with Gasteiger partial charge in [-0.1, -0.05) is 239 Å². The van der Waals surface area contributed by atoms with Gasteiger partial charge in [0.25, 0.3) is 0 Å². The largest absolute Gasteiger partial charge is 0.462 e. The summed E-state index contributed by atoms with van der Waals surface area (Å²) in [5.74, 6) is -0.860. The summed E-state index contributed by atoms with van der Waals surface area (Å²) in [7, 11) is 0. The SMILES string of the molecule is CCCCCCCCCCCCCCCCCCCC(=O)O[C@H](COC(=O)CCCCCCC)COC(=O)CCCCCCCCCCCCCCCCC. The standard InChI is InChI=1S/C49H94O6/c1-4-7-10-13-15-17-19-21-23-24-26-28-30-32-34-37-40-43-49(52)55-46(44-53-47(50)41-38-35-12-9-6-3)45-54-48(51)42-39-36-33-31-29-27-25-22-20-18-16-14-11-8-5-2/h46H,4-45H2,1-3H3/t46-/m1/s1. The molecule has 0 radical (unpaired) electrons. The van der Waals surface area contributed by atoms with Crippen molar-refractivity contribution in [3.05, 3.63) is 0 Å². The van der Waals surface area contributed by atoms with E-state index in [1.807, 2.05) is 0 Å². The van der Waals surface area contributed by atoms with Gasteiger partial charge in [-0.05, 0) is 19.3 Å². The molecule has 0 aliphatic carbocycles. The summed E-state index contributed by atoms with van der Waals surface area (Å²) < 4.78 is 16.7. The van der Waals surface area contributed by atoms with Crippen molar-refractivity contribution in [1.82, 2.24) is 0 Å². The van der Waals surface area contributed by atoms with Crippen LogP contribution in [-0.2, 0) is 28.6 Å². The van der Waals surface area contributed by atoms with Gasteiger partial charge in [-0.15, -0.1) is 0 Å². The third-order valence-electron chi connectivity index (χ3n) is 11.1. The molecule has 6 nitrogen and oxygen atoms in total. The summed E-state index contributed by atoms with van der Waals surface area (Å²) >= 11 is 0. The van der Waals surface area contributed by atoms with Crippen LogP contribution in [0.4, 0.5) is 0 Å². The molecule has 0 aliphatic heterocycles. The van der Waals surface area contributed by atoms with E-state index in [9.17, 15) is 14.4 Å². The van der Waals surface area contributed by atoms with Gasteiger partial charge in [-0.3, -0.25) is 14.4 Å². The summed E-state index contributed by atoms with van der Waals surface area (Å²) in [4.78, 5) is 37.6. The van der Waals surface area contributed by atoms with Crippen LogP contribution < -0.4 is 0 Å². The van der Waals surface area contributed by atoms with Gasteiger partial charge in [0.15, 0.2) is 6.10 Å². The minimum absolute atomic E-state index is 0.0634. The minimum atomic E-state index is -0.757. The Labute approximate surface area is 342 Å². The van der Waals surface area contributed by atoms with Gasteiger partial charge in [0.05, 0.1) is 0 Å².